The summed E-state index contributed by atoms with van der Waals surface area (Å²) in [5.41, 5.74) is 27.6. The highest BCUT2D eigenvalue weighted by Gasteiger charge is 2.48. The maximum atomic E-state index is 2.59. The molecule has 1 aromatic heterocycles. The van der Waals surface area contributed by atoms with Crippen LogP contribution >= 0.6 is 11.3 Å². The van der Waals surface area contributed by atoms with Crippen LogP contribution in [0, 0.1) is 20.8 Å². The molecule has 15 rings (SSSR count). The summed E-state index contributed by atoms with van der Waals surface area (Å²) >= 11 is 1.90. The Morgan fingerprint density at radius 3 is 1.73 bits per heavy atom. The third-order valence-electron chi connectivity index (χ3n) is 18.1. The Morgan fingerprint density at radius 2 is 0.949 bits per heavy atom. The van der Waals surface area contributed by atoms with Crippen molar-refractivity contribution >= 4 is 48.6 Å². The summed E-state index contributed by atoms with van der Waals surface area (Å²) in [7, 11) is 0. The Balaban J connectivity index is 0.987. The van der Waals surface area contributed by atoms with Crippen molar-refractivity contribution in [2.45, 2.75) is 63.7 Å². The Hall–Kier alpha value is -8.56. The van der Waals surface area contributed by atoms with Crippen LogP contribution in [0.4, 0.5) is 17.1 Å². The maximum absolute atomic E-state index is 2.59. The summed E-state index contributed by atoms with van der Waals surface area (Å²) in [5, 5.41) is 2.64. The summed E-state index contributed by atoms with van der Waals surface area (Å²) in [6, 6.07) is 92.9. The number of nitrogens with zero attached hydrogens (tertiary/aromatic N) is 1. The van der Waals surface area contributed by atoms with Crippen LogP contribution in [0.3, 0.4) is 0 Å². The van der Waals surface area contributed by atoms with Crippen molar-refractivity contribution in [3.05, 3.63) is 293 Å². The molecule has 1 atom stereocenters. The molecule has 78 heavy (non-hydrogen) atoms. The second-order valence-corrected chi connectivity index (χ2v) is 23.5. The largest absolute Gasteiger partial charge is 0.310 e. The average molecular weight is 1020 g/mol. The molecule has 0 amide bonds. The smallest absolute Gasteiger partial charge is 0.0714 e. The predicted octanol–water partition coefficient (Wildman–Crippen LogP) is 21.0. The first-order valence-electron chi connectivity index (χ1n) is 28.0. The van der Waals surface area contributed by atoms with Gasteiger partial charge in [0.05, 0.1) is 5.41 Å². The first kappa shape index (κ1) is 46.7. The topological polar surface area (TPSA) is 3.24 Å². The minimum absolute atomic E-state index is 0.0140. The summed E-state index contributed by atoms with van der Waals surface area (Å²) in [6.45, 7) is 6.76. The van der Waals surface area contributed by atoms with Gasteiger partial charge in [-0.3, -0.25) is 0 Å². The molecule has 1 fully saturated rings. The average Bonchev–Trinajstić information content (AvgIpc) is 3.70. The van der Waals surface area contributed by atoms with Crippen molar-refractivity contribution < 1.29 is 0 Å². The minimum atomic E-state index is -0.647. The summed E-state index contributed by atoms with van der Waals surface area (Å²) < 4.78 is 2.66. The number of anilines is 3. The van der Waals surface area contributed by atoms with Crippen molar-refractivity contribution in [2.75, 3.05) is 4.90 Å². The van der Waals surface area contributed by atoms with E-state index in [-0.39, 0.29) is 5.41 Å². The molecule has 0 saturated heterocycles. The fourth-order valence-electron chi connectivity index (χ4n) is 14.5. The van der Waals surface area contributed by atoms with Gasteiger partial charge < -0.3 is 4.90 Å². The number of hydrogen-bond acceptors (Lipinski definition) is 2. The Labute approximate surface area is 462 Å². The van der Waals surface area contributed by atoms with Gasteiger partial charge in [0.25, 0.3) is 0 Å². The number of benzene rings is 11. The molecule has 1 saturated carbocycles. The van der Waals surface area contributed by atoms with Crippen LogP contribution in [-0.2, 0) is 10.8 Å². The molecule has 0 radical (unpaired) electrons. The van der Waals surface area contributed by atoms with Gasteiger partial charge in [0, 0.05) is 42.6 Å². The molecule has 11 aromatic carbocycles. The number of rotatable bonds is 8. The van der Waals surface area contributed by atoms with Gasteiger partial charge >= 0.3 is 0 Å². The highest BCUT2D eigenvalue weighted by atomic mass is 32.1. The molecular weight excluding hydrogens is 959 g/mol. The van der Waals surface area contributed by atoms with E-state index in [2.05, 4.69) is 268 Å². The lowest BCUT2D eigenvalue weighted by molar-refractivity contribution is 0.353. The first-order chi connectivity index (χ1) is 38.4. The third kappa shape index (κ3) is 7.12. The standard InChI is InChI=1S/C76H59NS/c1-49-18-16-22-56(44-49)76(55-33-30-53(31-34-55)52-20-6-4-7-21-52)70-41-32-54(62-26-17-27-67-66-25-11-13-29-73(66)78-74(62)67)46-68(70)65-40-37-59(48-72(65)76)77(57-35-38-61(51(3)45-57)60-23-9-8-19-50(60)2)58-36-39-64-63-24-10-12-28-69(63)75(71(64)47-58)42-14-5-15-43-75/h4,6-13,16-41,44-48H,5,14-15,42-43H2,1-3H3. The normalized spacial score (nSPS) is 15.8. The first-order valence-corrected chi connectivity index (χ1v) is 28.8. The van der Waals surface area contributed by atoms with Crippen LogP contribution in [-0.4, -0.2) is 0 Å². The Bertz CT molecular complexity index is 4340. The van der Waals surface area contributed by atoms with Crippen molar-refractivity contribution in [3.8, 4) is 55.6 Å². The number of fused-ring (bicyclic) bond motifs is 11. The summed E-state index contributed by atoms with van der Waals surface area (Å²) in [6.07, 6.45) is 6.17. The van der Waals surface area contributed by atoms with E-state index in [1.165, 1.54) is 164 Å². The van der Waals surface area contributed by atoms with E-state index in [0.717, 1.165) is 11.4 Å². The Morgan fingerprint density at radius 1 is 0.346 bits per heavy atom. The minimum Gasteiger partial charge on any atom is -0.310 e. The molecule has 1 spiro atoms. The van der Waals surface area contributed by atoms with Crippen LogP contribution in [0.25, 0.3) is 75.8 Å². The van der Waals surface area contributed by atoms with Crippen LogP contribution in [0.15, 0.2) is 243 Å². The lowest BCUT2D eigenvalue weighted by Crippen LogP contribution is -2.29. The van der Waals surface area contributed by atoms with Crippen molar-refractivity contribution in [1.82, 2.24) is 0 Å². The van der Waals surface area contributed by atoms with Gasteiger partial charge in [-0.05, 0) is 182 Å². The fraction of sp³-hybridized carbons (Fsp3) is 0.132. The molecule has 0 N–H and O–H groups in total. The lowest BCUT2D eigenvalue weighted by atomic mass is 9.67. The van der Waals surface area contributed by atoms with Gasteiger partial charge in [-0.2, -0.15) is 0 Å². The number of hydrogen-bond donors (Lipinski definition) is 0. The Kier molecular flexibility index (Phi) is 11.0. The predicted molar refractivity (Wildman–Crippen MR) is 331 cm³/mol. The lowest BCUT2D eigenvalue weighted by Gasteiger charge is -2.37. The SMILES string of the molecule is Cc1cccc(C2(c3ccc(-c4ccccc4)cc3)c3ccc(-c4cccc5c4sc4ccccc45)cc3-c3ccc(N(c4ccc(-c5ccccc5C)c(C)c4)c4ccc5c(c4)C4(CCCCC4)c4ccccc4-5)cc32)c1. The third-order valence-corrected chi connectivity index (χ3v) is 19.3. The zero-order valence-corrected chi connectivity index (χ0v) is 45.3. The van der Waals surface area contributed by atoms with E-state index in [4.69, 9.17) is 0 Å². The van der Waals surface area contributed by atoms with Gasteiger partial charge in [-0.25, -0.2) is 0 Å². The van der Waals surface area contributed by atoms with Crippen molar-refractivity contribution in [3.63, 3.8) is 0 Å². The summed E-state index contributed by atoms with van der Waals surface area (Å²) in [5.74, 6) is 0. The summed E-state index contributed by atoms with van der Waals surface area (Å²) in [4.78, 5) is 2.57. The fourth-order valence-corrected chi connectivity index (χ4v) is 15.7. The zero-order valence-electron chi connectivity index (χ0n) is 44.5. The van der Waals surface area contributed by atoms with E-state index >= 15 is 0 Å². The van der Waals surface area contributed by atoms with Crippen LogP contribution in [0.2, 0.25) is 0 Å². The van der Waals surface area contributed by atoms with E-state index < -0.39 is 5.41 Å². The van der Waals surface area contributed by atoms with Gasteiger partial charge in [-0.15, -0.1) is 11.3 Å². The molecule has 2 heteroatoms. The quantitative estimate of drug-likeness (QED) is 0.147. The van der Waals surface area contributed by atoms with E-state index in [1.807, 2.05) is 11.3 Å². The van der Waals surface area contributed by atoms with Gasteiger partial charge in [0.15, 0.2) is 0 Å². The van der Waals surface area contributed by atoms with Gasteiger partial charge in [-0.1, -0.05) is 219 Å². The van der Waals surface area contributed by atoms with Crippen LogP contribution < -0.4 is 4.90 Å². The second-order valence-electron chi connectivity index (χ2n) is 22.4. The van der Waals surface area contributed by atoms with Gasteiger partial charge in [0.2, 0.25) is 0 Å². The zero-order chi connectivity index (χ0) is 52.1. The molecular formula is C76H59NS. The molecule has 374 valence electrons. The van der Waals surface area contributed by atoms with E-state index in [1.54, 1.807) is 0 Å². The maximum Gasteiger partial charge on any atom is 0.0714 e. The molecule has 12 aromatic rings. The molecule has 0 bridgehead atoms. The van der Waals surface area contributed by atoms with Crippen LogP contribution in [0.5, 0.6) is 0 Å². The molecule has 1 unspecified atom stereocenters. The van der Waals surface area contributed by atoms with E-state index in [9.17, 15) is 0 Å². The van der Waals surface area contributed by atoms with Crippen molar-refractivity contribution in [1.29, 1.82) is 0 Å². The van der Waals surface area contributed by atoms with Gasteiger partial charge in [0.1, 0.15) is 0 Å². The van der Waals surface area contributed by atoms with E-state index in [0.29, 0.717) is 0 Å². The monoisotopic (exact) mass is 1020 g/mol. The second kappa shape index (κ2) is 18.3. The van der Waals surface area contributed by atoms with Crippen molar-refractivity contribution in [2.24, 2.45) is 0 Å². The van der Waals surface area contributed by atoms with Crippen LogP contribution in [0.1, 0.15) is 82.2 Å². The molecule has 1 heterocycles. The highest BCUT2D eigenvalue weighted by molar-refractivity contribution is 7.26. The molecule has 3 aliphatic rings. The number of aryl methyl sites for hydroxylation is 3. The number of thiophene rings is 1. The molecule has 0 aliphatic heterocycles. The molecule has 3 aliphatic carbocycles. The highest BCUT2D eigenvalue weighted by Crippen LogP contribution is 2.60. The molecule has 1 nitrogen and oxygen atoms in total.